The van der Waals surface area contributed by atoms with Gasteiger partial charge >= 0.3 is 0 Å². The van der Waals surface area contributed by atoms with E-state index in [1.165, 1.54) is 23.0 Å². The normalized spacial score (nSPS) is 23.1. The van der Waals surface area contributed by atoms with E-state index in [1.54, 1.807) is 0 Å². The van der Waals surface area contributed by atoms with Crippen molar-refractivity contribution in [3.63, 3.8) is 0 Å². The molecule has 1 aromatic carbocycles. The number of carbonyl (C=O) groups excluding carboxylic acids is 1. The first-order chi connectivity index (χ1) is 12.7. The molecule has 0 radical (unpaired) electrons. The molecule has 0 saturated heterocycles. The Labute approximate surface area is 163 Å². The summed E-state index contributed by atoms with van der Waals surface area (Å²) in [5, 5.41) is 4.56. The standard InChI is InChI=1S/C24H34N2O/c1-16(2)20-11-12-24(5,6)14-21(20)23(27)25-17(3)15-26-18(4)13-19-9-7-8-10-22(19)26/h7-10,13,17,20-21H,1,11-12,14-15H2,2-6H3,(H,25,27). The largest absolute Gasteiger partial charge is 0.352 e. The van der Waals surface area contributed by atoms with Gasteiger partial charge in [0.05, 0.1) is 0 Å². The minimum Gasteiger partial charge on any atom is -0.352 e. The first kappa shape index (κ1) is 19.7. The molecule has 3 nitrogen and oxygen atoms in total. The van der Waals surface area contributed by atoms with Crippen LogP contribution in [0.1, 0.15) is 52.7 Å². The molecule has 1 amide bonds. The topological polar surface area (TPSA) is 34.0 Å². The molecule has 3 rings (SSSR count). The minimum absolute atomic E-state index is 0.0382. The van der Waals surface area contributed by atoms with Crippen LogP contribution >= 0.6 is 0 Å². The number of hydrogen-bond donors (Lipinski definition) is 1. The predicted molar refractivity (Wildman–Crippen MR) is 114 cm³/mol. The van der Waals surface area contributed by atoms with Crippen molar-refractivity contribution in [2.24, 2.45) is 17.3 Å². The fourth-order valence-corrected chi connectivity index (χ4v) is 4.71. The smallest absolute Gasteiger partial charge is 0.224 e. The molecule has 0 spiro atoms. The second-order valence-corrected chi connectivity index (χ2v) is 9.33. The van der Waals surface area contributed by atoms with E-state index in [9.17, 15) is 4.79 Å². The molecule has 0 aliphatic heterocycles. The molecule has 2 aromatic rings. The molecule has 27 heavy (non-hydrogen) atoms. The Hall–Kier alpha value is -2.03. The lowest BCUT2D eigenvalue weighted by molar-refractivity contribution is -0.129. The highest BCUT2D eigenvalue weighted by Crippen LogP contribution is 2.44. The zero-order valence-corrected chi connectivity index (χ0v) is 17.5. The Morgan fingerprint density at radius 2 is 2.04 bits per heavy atom. The number of hydrogen-bond acceptors (Lipinski definition) is 1. The Kier molecular flexibility index (Phi) is 5.50. The molecule has 3 atom stereocenters. The van der Waals surface area contributed by atoms with Crippen molar-refractivity contribution in [1.82, 2.24) is 9.88 Å². The Morgan fingerprint density at radius 3 is 2.74 bits per heavy atom. The SMILES string of the molecule is C=C(C)C1CCC(C)(C)CC1C(=O)NC(C)Cn1c(C)cc2ccccc21. The van der Waals surface area contributed by atoms with Gasteiger partial charge in [-0.15, -0.1) is 0 Å². The summed E-state index contributed by atoms with van der Waals surface area (Å²) in [6, 6.07) is 10.7. The molecule has 3 unspecified atom stereocenters. The first-order valence-electron chi connectivity index (χ1n) is 10.2. The van der Waals surface area contributed by atoms with Crippen molar-refractivity contribution in [3.8, 4) is 0 Å². The Balaban J connectivity index is 1.72. The number of para-hydroxylation sites is 1. The number of fused-ring (bicyclic) bond motifs is 1. The number of allylic oxidation sites excluding steroid dienone is 1. The summed E-state index contributed by atoms with van der Waals surface area (Å²) in [6.45, 7) is 15.8. The highest BCUT2D eigenvalue weighted by molar-refractivity contribution is 5.81. The fourth-order valence-electron chi connectivity index (χ4n) is 4.71. The van der Waals surface area contributed by atoms with Crippen LogP contribution in [0, 0.1) is 24.2 Å². The van der Waals surface area contributed by atoms with E-state index in [-0.39, 0.29) is 23.3 Å². The van der Waals surface area contributed by atoms with Gasteiger partial charge in [-0.2, -0.15) is 0 Å². The summed E-state index contributed by atoms with van der Waals surface area (Å²) < 4.78 is 2.31. The number of nitrogens with one attached hydrogen (secondary N) is 1. The second kappa shape index (κ2) is 7.53. The van der Waals surface area contributed by atoms with Gasteiger partial charge in [-0.25, -0.2) is 0 Å². The number of rotatable bonds is 5. The number of aryl methyl sites for hydroxylation is 1. The van der Waals surface area contributed by atoms with Crippen molar-refractivity contribution in [1.29, 1.82) is 0 Å². The number of amides is 1. The van der Waals surface area contributed by atoms with Crippen LogP contribution in [0.2, 0.25) is 0 Å². The van der Waals surface area contributed by atoms with Crippen molar-refractivity contribution >= 4 is 16.8 Å². The molecule has 0 bridgehead atoms. The first-order valence-corrected chi connectivity index (χ1v) is 10.2. The number of carbonyl (C=O) groups is 1. The van der Waals surface area contributed by atoms with E-state index in [1.807, 2.05) is 0 Å². The van der Waals surface area contributed by atoms with Crippen LogP contribution in [0.3, 0.4) is 0 Å². The van der Waals surface area contributed by atoms with E-state index in [0.717, 1.165) is 25.0 Å². The number of benzene rings is 1. The van der Waals surface area contributed by atoms with E-state index in [2.05, 4.69) is 81.4 Å². The van der Waals surface area contributed by atoms with Crippen LogP contribution in [0.15, 0.2) is 42.5 Å². The quantitative estimate of drug-likeness (QED) is 0.699. The number of nitrogens with zero attached hydrogens (tertiary/aromatic N) is 1. The summed E-state index contributed by atoms with van der Waals surface area (Å²) in [6.07, 6.45) is 3.17. The average Bonchev–Trinajstić information content (AvgIpc) is 2.89. The van der Waals surface area contributed by atoms with Crippen molar-refractivity contribution in [2.75, 3.05) is 0 Å². The van der Waals surface area contributed by atoms with Gasteiger partial charge in [0.15, 0.2) is 0 Å². The van der Waals surface area contributed by atoms with Crippen molar-refractivity contribution < 1.29 is 4.79 Å². The fraction of sp³-hybridized carbons (Fsp3) is 0.542. The minimum atomic E-state index is 0.0382. The molecule has 1 saturated carbocycles. The molecule has 146 valence electrons. The Bertz CT molecular complexity index is 845. The highest BCUT2D eigenvalue weighted by atomic mass is 16.2. The summed E-state index contributed by atoms with van der Waals surface area (Å²) in [7, 11) is 0. The van der Waals surface area contributed by atoms with Gasteiger partial charge in [0, 0.05) is 29.7 Å². The lowest BCUT2D eigenvalue weighted by Gasteiger charge is -2.40. The van der Waals surface area contributed by atoms with Crippen LogP contribution in [0.25, 0.3) is 10.9 Å². The lowest BCUT2D eigenvalue weighted by atomic mass is 9.65. The van der Waals surface area contributed by atoms with Crippen molar-refractivity contribution in [2.45, 2.75) is 66.5 Å². The second-order valence-electron chi connectivity index (χ2n) is 9.33. The average molecular weight is 367 g/mol. The number of aromatic nitrogens is 1. The molecule has 1 heterocycles. The monoisotopic (exact) mass is 366 g/mol. The van der Waals surface area contributed by atoms with Crippen LogP contribution in [-0.2, 0) is 11.3 Å². The molecule has 1 N–H and O–H groups in total. The molecule has 1 aliphatic carbocycles. The molecular weight excluding hydrogens is 332 g/mol. The van der Waals surface area contributed by atoms with Gasteiger partial charge in [-0.1, -0.05) is 44.2 Å². The van der Waals surface area contributed by atoms with Crippen LogP contribution in [0.5, 0.6) is 0 Å². The van der Waals surface area contributed by atoms with E-state index < -0.39 is 0 Å². The van der Waals surface area contributed by atoms with Crippen LogP contribution in [-0.4, -0.2) is 16.5 Å². The summed E-state index contributed by atoms with van der Waals surface area (Å²) in [4.78, 5) is 13.1. The zero-order valence-electron chi connectivity index (χ0n) is 17.5. The van der Waals surface area contributed by atoms with Gasteiger partial charge in [-0.05, 0) is 68.9 Å². The predicted octanol–water partition coefficient (Wildman–Crippen LogP) is 5.47. The van der Waals surface area contributed by atoms with E-state index in [4.69, 9.17) is 0 Å². The van der Waals surface area contributed by atoms with Crippen LogP contribution in [0.4, 0.5) is 0 Å². The summed E-state index contributed by atoms with van der Waals surface area (Å²) >= 11 is 0. The van der Waals surface area contributed by atoms with Gasteiger partial charge in [-0.3, -0.25) is 4.79 Å². The van der Waals surface area contributed by atoms with Gasteiger partial charge in [0.1, 0.15) is 0 Å². The molecule has 1 fully saturated rings. The third-order valence-corrected chi connectivity index (χ3v) is 6.22. The molecule has 1 aliphatic rings. The van der Waals surface area contributed by atoms with E-state index >= 15 is 0 Å². The summed E-state index contributed by atoms with van der Waals surface area (Å²) in [5.74, 6) is 0.535. The zero-order chi connectivity index (χ0) is 19.8. The third-order valence-electron chi connectivity index (χ3n) is 6.22. The molecular formula is C24H34N2O. The molecule has 1 aromatic heterocycles. The van der Waals surface area contributed by atoms with Gasteiger partial charge in [0.25, 0.3) is 0 Å². The van der Waals surface area contributed by atoms with Crippen molar-refractivity contribution in [3.05, 3.63) is 48.2 Å². The highest BCUT2D eigenvalue weighted by Gasteiger charge is 2.39. The summed E-state index contributed by atoms with van der Waals surface area (Å²) in [5.41, 5.74) is 3.83. The van der Waals surface area contributed by atoms with Gasteiger partial charge in [0.2, 0.25) is 5.91 Å². The van der Waals surface area contributed by atoms with Crippen LogP contribution < -0.4 is 5.32 Å². The maximum atomic E-state index is 13.1. The van der Waals surface area contributed by atoms with E-state index in [0.29, 0.717) is 5.92 Å². The molecule has 3 heteroatoms. The van der Waals surface area contributed by atoms with Gasteiger partial charge < -0.3 is 9.88 Å². The third kappa shape index (κ3) is 4.28. The maximum absolute atomic E-state index is 13.1. The lowest BCUT2D eigenvalue weighted by Crippen LogP contribution is -2.45. The maximum Gasteiger partial charge on any atom is 0.224 e. The Morgan fingerprint density at radius 1 is 1.33 bits per heavy atom.